The van der Waals surface area contributed by atoms with E-state index in [1.165, 1.54) is 18.4 Å². The quantitative estimate of drug-likeness (QED) is 0.776. The monoisotopic (exact) mass is 246 g/mol. The third kappa shape index (κ3) is 4.15. The van der Waals surface area contributed by atoms with E-state index in [1.54, 1.807) is 0 Å². The van der Waals surface area contributed by atoms with Crippen molar-refractivity contribution in [2.24, 2.45) is 0 Å². The summed E-state index contributed by atoms with van der Waals surface area (Å²) in [5, 5.41) is 6.36. The first kappa shape index (κ1) is 13.1. The van der Waals surface area contributed by atoms with Crippen LogP contribution < -0.4 is 10.6 Å². The number of carbonyl (C=O) groups excluding carboxylic acids is 1. The molecule has 1 aromatic carbocycles. The molecule has 2 rings (SSSR count). The number of carbonyl (C=O) groups is 1. The van der Waals surface area contributed by atoms with Gasteiger partial charge >= 0.3 is 0 Å². The summed E-state index contributed by atoms with van der Waals surface area (Å²) in [7, 11) is 0. The summed E-state index contributed by atoms with van der Waals surface area (Å²) < 4.78 is 0. The smallest absolute Gasteiger partial charge is 0.225 e. The van der Waals surface area contributed by atoms with Crippen molar-refractivity contribution in [2.45, 2.75) is 45.1 Å². The van der Waals surface area contributed by atoms with Crippen molar-refractivity contribution in [2.75, 3.05) is 11.9 Å². The molecule has 3 nitrogen and oxygen atoms in total. The van der Waals surface area contributed by atoms with Gasteiger partial charge in [0.25, 0.3) is 0 Å². The maximum absolute atomic E-state index is 11.8. The minimum Gasteiger partial charge on any atom is -0.326 e. The number of rotatable bonds is 7. The Hall–Kier alpha value is -1.35. The first-order chi connectivity index (χ1) is 8.79. The van der Waals surface area contributed by atoms with Crippen molar-refractivity contribution in [3.63, 3.8) is 0 Å². The van der Waals surface area contributed by atoms with Crippen LogP contribution in [0.5, 0.6) is 0 Å². The number of amides is 1. The zero-order valence-electron chi connectivity index (χ0n) is 11.0. The molecule has 0 heterocycles. The molecule has 1 saturated carbocycles. The summed E-state index contributed by atoms with van der Waals surface area (Å²) in [6, 6.07) is 8.73. The zero-order valence-corrected chi connectivity index (χ0v) is 11.0. The van der Waals surface area contributed by atoms with Gasteiger partial charge in [-0.2, -0.15) is 0 Å². The number of anilines is 1. The van der Waals surface area contributed by atoms with E-state index in [1.807, 2.05) is 18.2 Å². The van der Waals surface area contributed by atoms with E-state index in [0.29, 0.717) is 12.5 Å². The fraction of sp³-hybridized carbons (Fsp3) is 0.533. The van der Waals surface area contributed by atoms with E-state index in [9.17, 15) is 4.79 Å². The molecule has 0 aromatic heterocycles. The molecule has 0 spiro atoms. The Kier molecular flexibility index (Phi) is 4.76. The Balaban J connectivity index is 1.81. The normalized spacial score (nSPS) is 14.5. The Labute approximate surface area is 109 Å². The fourth-order valence-corrected chi connectivity index (χ4v) is 2.02. The van der Waals surface area contributed by atoms with Crippen LogP contribution in [-0.2, 0) is 11.2 Å². The minimum atomic E-state index is 0.103. The highest BCUT2D eigenvalue weighted by molar-refractivity contribution is 5.91. The van der Waals surface area contributed by atoms with Crippen LogP contribution in [0.4, 0.5) is 5.69 Å². The fourth-order valence-electron chi connectivity index (χ4n) is 2.02. The third-order valence-corrected chi connectivity index (χ3v) is 3.17. The second-order valence-electron chi connectivity index (χ2n) is 4.93. The number of benzene rings is 1. The predicted octanol–water partition coefficient (Wildman–Crippen LogP) is 2.72. The van der Waals surface area contributed by atoms with Crippen molar-refractivity contribution in [1.82, 2.24) is 5.32 Å². The summed E-state index contributed by atoms with van der Waals surface area (Å²) in [5.74, 6) is 0.103. The lowest BCUT2D eigenvalue weighted by Gasteiger charge is -2.10. The van der Waals surface area contributed by atoms with Gasteiger partial charge in [0.05, 0.1) is 0 Å². The number of para-hydroxylation sites is 1. The van der Waals surface area contributed by atoms with Gasteiger partial charge < -0.3 is 10.6 Å². The molecule has 1 aliphatic rings. The van der Waals surface area contributed by atoms with Crippen molar-refractivity contribution in [1.29, 1.82) is 0 Å². The average molecular weight is 246 g/mol. The number of hydrogen-bond acceptors (Lipinski definition) is 2. The Morgan fingerprint density at radius 1 is 1.33 bits per heavy atom. The standard InChI is InChI=1S/C15H22N2O/c1-2-5-12-6-3-4-7-14(12)17-15(18)10-11-16-13-8-9-13/h3-4,6-7,13,16H,2,5,8-11H2,1H3,(H,17,18). The van der Waals surface area contributed by atoms with Gasteiger partial charge in [-0.1, -0.05) is 31.5 Å². The Bertz CT molecular complexity index is 399. The maximum Gasteiger partial charge on any atom is 0.225 e. The van der Waals surface area contributed by atoms with Gasteiger partial charge in [-0.25, -0.2) is 0 Å². The van der Waals surface area contributed by atoms with Crippen LogP contribution in [0.3, 0.4) is 0 Å². The second kappa shape index (κ2) is 6.55. The first-order valence-electron chi connectivity index (χ1n) is 6.90. The molecular weight excluding hydrogens is 224 g/mol. The highest BCUT2D eigenvalue weighted by Crippen LogP contribution is 2.19. The van der Waals surface area contributed by atoms with E-state index < -0.39 is 0 Å². The van der Waals surface area contributed by atoms with Gasteiger partial charge in [-0.05, 0) is 30.9 Å². The van der Waals surface area contributed by atoms with E-state index in [4.69, 9.17) is 0 Å². The molecule has 18 heavy (non-hydrogen) atoms. The van der Waals surface area contributed by atoms with Crippen LogP contribution in [0, 0.1) is 0 Å². The number of hydrogen-bond donors (Lipinski definition) is 2. The van der Waals surface area contributed by atoms with E-state index in [2.05, 4.69) is 23.6 Å². The van der Waals surface area contributed by atoms with E-state index in [0.717, 1.165) is 25.1 Å². The van der Waals surface area contributed by atoms with Crippen LogP contribution in [0.1, 0.15) is 38.2 Å². The molecule has 0 unspecified atom stereocenters. The number of aryl methyl sites for hydroxylation is 1. The van der Waals surface area contributed by atoms with Gasteiger partial charge in [0.2, 0.25) is 5.91 Å². The second-order valence-corrected chi connectivity index (χ2v) is 4.93. The Morgan fingerprint density at radius 3 is 2.83 bits per heavy atom. The van der Waals surface area contributed by atoms with Gasteiger partial charge in [0.1, 0.15) is 0 Å². The molecule has 2 N–H and O–H groups in total. The van der Waals surface area contributed by atoms with E-state index >= 15 is 0 Å². The molecule has 0 atom stereocenters. The lowest BCUT2D eigenvalue weighted by Crippen LogP contribution is -2.23. The summed E-state index contributed by atoms with van der Waals surface area (Å²) in [5.41, 5.74) is 2.19. The van der Waals surface area contributed by atoms with Crippen molar-refractivity contribution in [3.05, 3.63) is 29.8 Å². The largest absolute Gasteiger partial charge is 0.326 e. The molecule has 98 valence electrons. The topological polar surface area (TPSA) is 41.1 Å². The van der Waals surface area contributed by atoms with Crippen molar-refractivity contribution in [3.8, 4) is 0 Å². The summed E-state index contributed by atoms with van der Waals surface area (Å²) in [6.07, 6.45) is 5.19. The summed E-state index contributed by atoms with van der Waals surface area (Å²) >= 11 is 0. The maximum atomic E-state index is 11.8. The lowest BCUT2D eigenvalue weighted by atomic mass is 10.1. The highest BCUT2D eigenvalue weighted by Gasteiger charge is 2.20. The average Bonchev–Trinajstić information content (AvgIpc) is 3.16. The van der Waals surface area contributed by atoms with Gasteiger partial charge in [0.15, 0.2) is 0 Å². The third-order valence-electron chi connectivity index (χ3n) is 3.17. The Morgan fingerprint density at radius 2 is 2.11 bits per heavy atom. The summed E-state index contributed by atoms with van der Waals surface area (Å²) in [4.78, 5) is 11.8. The van der Waals surface area contributed by atoms with Crippen molar-refractivity contribution < 1.29 is 4.79 Å². The van der Waals surface area contributed by atoms with E-state index in [-0.39, 0.29) is 5.91 Å². The summed E-state index contributed by atoms with van der Waals surface area (Å²) in [6.45, 7) is 2.94. The minimum absolute atomic E-state index is 0.103. The molecule has 0 aliphatic heterocycles. The van der Waals surface area contributed by atoms with Gasteiger partial charge in [-0.15, -0.1) is 0 Å². The molecule has 0 radical (unpaired) electrons. The predicted molar refractivity (Wildman–Crippen MR) is 74.7 cm³/mol. The molecular formula is C15H22N2O. The molecule has 1 amide bonds. The zero-order chi connectivity index (χ0) is 12.8. The van der Waals surface area contributed by atoms with Crippen LogP contribution >= 0.6 is 0 Å². The number of nitrogens with one attached hydrogen (secondary N) is 2. The molecule has 0 bridgehead atoms. The molecule has 1 aliphatic carbocycles. The van der Waals surface area contributed by atoms with Gasteiger partial charge in [-0.3, -0.25) is 4.79 Å². The molecule has 0 saturated heterocycles. The van der Waals surface area contributed by atoms with Crippen LogP contribution in [-0.4, -0.2) is 18.5 Å². The molecule has 1 fully saturated rings. The lowest BCUT2D eigenvalue weighted by molar-refractivity contribution is -0.116. The SMILES string of the molecule is CCCc1ccccc1NC(=O)CCNC1CC1. The van der Waals surface area contributed by atoms with Crippen LogP contribution in [0.2, 0.25) is 0 Å². The van der Waals surface area contributed by atoms with Crippen LogP contribution in [0.15, 0.2) is 24.3 Å². The highest BCUT2D eigenvalue weighted by atomic mass is 16.1. The molecule has 1 aromatic rings. The molecule has 3 heteroatoms. The van der Waals surface area contributed by atoms with Gasteiger partial charge in [0, 0.05) is 24.7 Å². The van der Waals surface area contributed by atoms with Crippen LogP contribution in [0.25, 0.3) is 0 Å². The first-order valence-corrected chi connectivity index (χ1v) is 6.90. The van der Waals surface area contributed by atoms with Crippen molar-refractivity contribution >= 4 is 11.6 Å².